The molecule has 0 amide bonds. The molecule has 0 aliphatic rings. The summed E-state index contributed by atoms with van der Waals surface area (Å²) in [4.78, 5) is 2.12. The Morgan fingerprint density at radius 3 is 2.20 bits per heavy atom. The standard InChI is InChI=1S/C17H29NO2/c1-12(2)15-11-16(20-13(3)4)14(5)10-17(15)19-9-8-18(6)7/h10-13H,8-9H2,1-7H3. The molecule has 0 aromatic heterocycles. The van der Waals surface area contributed by atoms with Crippen molar-refractivity contribution in [3.63, 3.8) is 0 Å². The van der Waals surface area contributed by atoms with E-state index in [1.54, 1.807) is 0 Å². The second-order valence-electron chi connectivity index (χ2n) is 6.13. The molecule has 0 atom stereocenters. The van der Waals surface area contributed by atoms with E-state index in [0.717, 1.165) is 23.6 Å². The summed E-state index contributed by atoms with van der Waals surface area (Å²) in [6.45, 7) is 12.2. The molecule has 0 saturated carbocycles. The normalized spacial score (nSPS) is 11.5. The van der Waals surface area contributed by atoms with Crippen LogP contribution >= 0.6 is 0 Å². The van der Waals surface area contributed by atoms with Gasteiger partial charge in [-0.1, -0.05) is 13.8 Å². The second-order valence-corrected chi connectivity index (χ2v) is 6.13. The Morgan fingerprint density at radius 1 is 1.05 bits per heavy atom. The zero-order chi connectivity index (χ0) is 15.3. The van der Waals surface area contributed by atoms with Gasteiger partial charge < -0.3 is 14.4 Å². The number of hydrogen-bond acceptors (Lipinski definition) is 3. The van der Waals surface area contributed by atoms with Crippen LogP contribution in [0.15, 0.2) is 12.1 Å². The first-order chi connectivity index (χ1) is 9.31. The van der Waals surface area contributed by atoms with Crippen molar-refractivity contribution in [2.24, 2.45) is 0 Å². The van der Waals surface area contributed by atoms with E-state index >= 15 is 0 Å². The van der Waals surface area contributed by atoms with Crippen LogP contribution in [0.3, 0.4) is 0 Å². The average molecular weight is 279 g/mol. The van der Waals surface area contributed by atoms with Gasteiger partial charge in [-0.3, -0.25) is 0 Å². The molecule has 1 aromatic carbocycles. The number of aryl methyl sites for hydroxylation is 1. The van der Waals surface area contributed by atoms with Crippen molar-refractivity contribution in [3.05, 3.63) is 23.3 Å². The Hall–Kier alpha value is -1.22. The van der Waals surface area contributed by atoms with Gasteiger partial charge >= 0.3 is 0 Å². The smallest absolute Gasteiger partial charge is 0.123 e. The highest BCUT2D eigenvalue weighted by Gasteiger charge is 2.13. The number of hydrogen-bond donors (Lipinski definition) is 0. The predicted octanol–water partition coefficient (Wildman–Crippen LogP) is 3.85. The fourth-order valence-electron chi connectivity index (χ4n) is 1.97. The van der Waals surface area contributed by atoms with Gasteiger partial charge in [0.15, 0.2) is 0 Å². The van der Waals surface area contributed by atoms with Crippen molar-refractivity contribution in [1.82, 2.24) is 4.90 Å². The molecular formula is C17H29NO2. The summed E-state index contributed by atoms with van der Waals surface area (Å²) < 4.78 is 11.8. The number of ether oxygens (including phenoxy) is 2. The molecule has 0 saturated heterocycles. The van der Waals surface area contributed by atoms with E-state index in [1.807, 2.05) is 0 Å². The Kier molecular flexibility index (Phi) is 6.34. The van der Waals surface area contributed by atoms with Crippen LogP contribution in [-0.4, -0.2) is 38.3 Å². The minimum absolute atomic E-state index is 0.189. The van der Waals surface area contributed by atoms with Gasteiger partial charge in [-0.15, -0.1) is 0 Å². The van der Waals surface area contributed by atoms with Gasteiger partial charge in [0.1, 0.15) is 18.1 Å². The molecule has 0 fully saturated rings. The van der Waals surface area contributed by atoms with Crippen LogP contribution in [0.4, 0.5) is 0 Å². The van der Waals surface area contributed by atoms with E-state index in [-0.39, 0.29) is 6.10 Å². The molecule has 3 heteroatoms. The highest BCUT2D eigenvalue weighted by molar-refractivity contribution is 5.47. The Labute approximate surface area is 123 Å². The lowest BCUT2D eigenvalue weighted by Crippen LogP contribution is -2.20. The van der Waals surface area contributed by atoms with Crippen molar-refractivity contribution < 1.29 is 9.47 Å². The van der Waals surface area contributed by atoms with Gasteiger partial charge in [0.2, 0.25) is 0 Å². The van der Waals surface area contributed by atoms with Crippen LogP contribution in [0.2, 0.25) is 0 Å². The van der Waals surface area contributed by atoms with E-state index in [4.69, 9.17) is 9.47 Å². The quantitative estimate of drug-likeness (QED) is 0.757. The number of nitrogens with zero attached hydrogens (tertiary/aromatic N) is 1. The highest BCUT2D eigenvalue weighted by atomic mass is 16.5. The minimum atomic E-state index is 0.189. The largest absolute Gasteiger partial charge is 0.492 e. The van der Waals surface area contributed by atoms with Crippen molar-refractivity contribution >= 4 is 0 Å². The van der Waals surface area contributed by atoms with Crippen molar-refractivity contribution in [3.8, 4) is 11.5 Å². The monoisotopic (exact) mass is 279 g/mol. The Morgan fingerprint density at radius 2 is 1.70 bits per heavy atom. The summed E-state index contributed by atoms with van der Waals surface area (Å²) in [5.74, 6) is 2.36. The van der Waals surface area contributed by atoms with Crippen LogP contribution in [0.25, 0.3) is 0 Å². The molecule has 0 aliphatic heterocycles. The SMILES string of the molecule is Cc1cc(OCCN(C)C)c(C(C)C)cc1OC(C)C. The lowest BCUT2D eigenvalue weighted by atomic mass is 9.99. The van der Waals surface area contributed by atoms with E-state index in [9.17, 15) is 0 Å². The van der Waals surface area contributed by atoms with Crippen LogP contribution < -0.4 is 9.47 Å². The third-order valence-electron chi connectivity index (χ3n) is 3.09. The van der Waals surface area contributed by atoms with Crippen LogP contribution in [0.1, 0.15) is 44.7 Å². The van der Waals surface area contributed by atoms with Crippen LogP contribution in [0, 0.1) is 6.92 Å². The van der Waals surface area contributed by atoms with Gasteiger partial charge in [0.25, 0.3) is 0 Å². The molecule has 1 rings (SSSR count). The van der Waals surface area contributed by atoms with E-state index < -0.39 is 0 Å². The van der Waals surface area contributed by atoms with E-state index in [2.05, 4.69) is 65.7 Å². The number of likely N-dealkylation sites (N-methyl/N-ethyl adjacent to an activating group) is 1. The van der Waals surface area contributed by atoms with Crippen molar-refractivity contribution in [1.29, 1.82) is 0 Å². The molecule has 0 heterocycles. The fraction of sp³-hybridized carbons (Fsp3) is 0.647. The molecule has 0 unspecified atom stereocenters. The summed E-state index contributed by atoms with van der Waals surface area (Å²) in [5, 5.41) is 0. The number of rotatable bonds is 7. The van der Waals surface area contributed by atoms with Crippen LogP contribution in [-0.2, 0) is 0 Å². The lowest BCUT2D eigenvalue weighted by molar-refractivity contribution is 0.237. The Bertz CT molecular complexity index is 425. The molecule has 1 aromatic rings. The predicted molar refractivity (Wildman–Crippen MR) is 85.1 cm³/mol. The van der Waals surface area contributed by atoms with Crippen molar-refractivity contribution in [2.45, 2.75) is 46.6 Å². The molecule has 0 radical (unpaired) electrons. The first-order valence-electron chi connectivity index (χ1n) is 7.40. The number of benzene rings is 1. The summed E-state index contributed by atoms with van der Waals surface area (Å²) in [5.41, 5.74) is 2.34. The highest BCUT2D eigenvalue weighted by Crippen LogP contribution is 2.33. The molecule has 0 bridgehead atoms. The average Bonchev–Trinajstić information content (AvgIpc) is 2.30. The van der Waals surface area contributed by atoms with Gasteiger partial charge in [0.05, 0.1) is 6.10 Å². The maximum Gasteiger partial charge on any atom is 0.123 e. The molecule has 0 N–H and O–H groups in total. The molecule has 20 heavy (non-hydrogen) atoms. The lowest BCUT2D eigenvalue weighted by Gasteiger charge is -2.20. The van der Waals surface area contributed by atoms with Gasteiger partial charge in [0, 0.05) is 12.1 Å². The zero-order valence-corrected chi connectivity index (χ0v) is 14.0. The first-order valence-corrected chi connectivity index (χ1v) is 7.40. The van der Waals surface area contributed by atoms with Gasteiger partial charge in [-0.05, 0) is 58.5 Å². The molecule has 3 nitrogen and oxygen atoms in total. The molecule has 114 valence electrons. The van der Waals surface area contributed by atoms with E-state index in [0.29, 0.717) is 12.5 Å². The second kappa shape index (κ2) is 7.53. The molecular weight excluding hydrogens is 250 g/mol. The first kappa shape index (κ1) is 16.8. The van der Waals surface area contributed by atoms with Gasteiger partial charge in [-0.2, -0.15) is 0 Å². The third kappa shape index (κ3) is 5.04. The van der Waals surface area contributed by atoms with Crippen LogP contribution in [0.5, 0.6) is 11.5 Å². The summed E-state index contributed by atoms with van der Waals surface area (Å²) in [6, 6.07) is 4.23. The topological polar surface area (TPSA) is 21.7 Å². The van der Waals surface area contributed by atoms with Crippen molar-refractivity contribution in [2.75, 3.05) is 27.2 Å². The van der Waals surface area contributed by atoms with E-state index in [1.165, 1.54) is 5.56 Å². The molecule has 0 spiro atoms. The zero-order valence-electron chi connectivity index (χ0n) is 14.0. The maximum absolute atomic E-state index is 5.95. The summed E-state index contributed by atoms with van der Waals surface area (Å²) in [6.07, 6.45) is 0.189. The fourth-order valence-corrected chi connectivity index (χ4v) is 1.97. The molecule has 0 aliphatic carbocycles. The summed E-state index contributed by atoms with van der Waals surface area (Å²) in [7, 11) is 4.11. The summed E-state index contributed by atoms with van der Waals surface area (Å²) >= 11 is 0. The minimum Gasteiger partial charge on any atom is -0.492 e. The van der Waals surface area contributed by atoms with Gasteiger partial charge in [-0.25, -0.2) is 0 Å². The Balaban J connectivity index is 2.95. The third-order valence-corrected chi connectivity index (χ3v) is 3.09. The maximum atomic E-state index is 5.95.